The number of hydrogen-bond donors (Lipinski definition) is 1. The first-order chi connectivity index (χ1) is 9.01. The van der Waals surface area contributed by atoms with Crippen molar-refractivity contribution in [3.8, 4) is 11.4 Å². The molecule has 2 N–H and O–H groups in total. The fourth-order valence-corrected chi connectivity index (χ4v) is 2.14. The van der Waals surface area contributed by atoms with Gasteiger partial charge in [-0.15, -0.1) is 0 Å². The van der Waals surface area contributed by atoms with Crippen molar-refractivity contribution < 1.29 is 4.52 Å². The number of rotatable bonds is 4. The molecule has 0 radical (unpaired) electrons. The Morgan fingerprint density at radius 2 is 1.95 bits per heavy atom. The summed E-state index contributed by atoms with van der Waals surface area (Å²) >= 11 is 3.55. The molecule has 1 atom stereocenters. The Kier molecular flexibility index (Phi) is 4.37. The van der Waals surface area contributed by atoms with E-state index in [0.29, 0.717) is 24.2 Å². The van der Waals surface area contributed by atoms with Crippen molar-refractivity contribution in [2.75, 3.05) is 6.54 Å². The Labute approximate surface area is 121 Å². The highest BCUT2D eigenvalue weighted by molar-refractivity contribution is 9.10. The van der Waals surface area contributed by atoms with E-state index >= 15 is 0 Å². The van der Waals surface area contributed by atoms with Gasteiger partial charge in [0.25, 0.3) is 0 Å². The van der Waals surface area contributed by atoms with E-state index in [4.69, 9.17) is 10.3 Å². The van der Waals surface area contributed by atoms with Crippen LogP contribution >= 0.6 is 15.9 Å². The maximum absolute atomic E-state index is 5.60. The highest BCUT2D eigenvalue weighted by atomic mass is 79.9. The first-order valence-corrected chi connectivity index (χ1v) is 7.10. The summed E-state index contributed by atoms with van der Waals surface area (Å²) in [6.45, 7) is 6.79. The third-order valence-corrected chi connectivity index (χ3v) is 4.34. The molecule has 2 aromatic rings. The highest BCUT2D eigenvalue weighted by Gasteiger charge is 2.13. The minimum Gasteiger partial charge on any atom is -0.339 e. The molecule has 2 rings (SSSR count). The average molecular weight is 324 g/mol. The molecule has 4 nitrogen and oxygen atoms in total. The summed E-state index contributed by atoms with van der Waals surface area (Å²) in [7, 11) is 0. The van der Waals surface area contributed by atoms with Crippen LogP contribution < -0.4 is 5.73 Å². The van der Waals surface area contributed by atoms with Crippen LogP contribution in [0, 0.1) is 19.8 Å². The van der Waals surface area contributed by atoms with E-state index in [1.807, 2.05) is 0 Å². The number of nitrogens with two attached hydrogens (primary N) is 1. The molecule has 1 heterocycles. The molecule has 1 unspecified atom stereocenters. The zero-order valence-corrected chi connectivity index (χ0v) is 13.0. The number of aromatic nitrogens is 2. The zero-order valence-electron chi connectivity index (χ0n) is 11.4. The van der Waals surface area contributed by atoms with Gasteiger partial charge < -0.3 is 10.3 Å². The number of halogens is 1. The molecule has 19 heavy (non-hydrogen) atoms. The Bertz CT molecular complexity index is 557. The summed E-state index contributed by atoms with van der Waals surface area (Å²) in [6, 6.07) is 4.11. The minimum absolute atomic E-state index is 0.349. The molecule has 102 valence electrons. The normalized spacial score (nSPS) is 12.7. The van der Waals surface area contributed by atoms with Crippen LogP contribution in [0.25, 0.3) is 11.4 Å². The van der Waals surface area contributed by atoms with E-state index in [1.54, 1.807) is 0 Å². The molecule has 1 aromatic carbocycles. The number of hydrogen-bond acceptors (Lipinski definition) is 4. The van der Waals surface area contributed by atoms with Crippen molar-refractivity contribution >= 4 is 15.9 Å². The molecule has 0 amide bonds. The van der Waals surface area contributed by atoms with Crippen molar-refractivity contribution in [2.24, 2.45) is 11.7 Å². The molecule has 0 aliphatic rings. The lowest BCUT2D eigenvalue weighted by molar-refractivity contribution is 0.360. The Morgan fingerprint density at radius 3 is 2.53 bits per heavy atom. The van der Waals surface area contributed by atoms with Gasteiger partial charge in [0, 0.05) is 16.5 Å². The summed E-state index contributed by atoms with van der Waals surface area (Å²) in [5, 5.41) is 4.04. The van der Waals surface area contributed by atoms with Crippen LogP contribution in [0.1, 0.15) is 23.9 Å². The maximum Gasteiger partial charge on any atom is 0.227 e. The Balaban J connectivity index is 2.28. The van der Waals surface area contributed by atoms with Crippen LogP contribution in [0.5, 0.6) is 0 Å². The summed E-state index contributed by atoms with van der Waals surface area (Å²) < 4.78 is 6.40. The molecule has 0 bridgehead atoms. The van der Waals surface area contributed by atoms with Crippen molar-refractivity contribution in [1.82, 2.24) is 10.1 Å². The molecule has 0 fully saturated rings. The Morgan fingerprint density at radius 1 is 1.32 bits per heavy atom. The maximum atomic E-state index is 5.60. The standard InChI is InChI=1S/C14H18BrN3O/c1-8(7-16)4-12-17-14(18-19-12)11-5-9(2)13(15)10(3)6-11/h5-6,8H,4,7,16H2,1-3H3. The number of benzene rings is 1. The highest BCUT2D eigenvalue weighted by Crippen LogP contribution is 2.27. The van der Waals surface area contributed by atoms with Crippen molar-refractivity contribution in [2.45, 2.75) is 27.2 Å². The van der Waals surface area contributed by atoms with Crippen LogP contribution in [0.4, 0.5) is 0 Å². The fraction of sp³-hybridized carbons (Fsp3) is 0.429. The Hall–Kier alpha value is -1.20. The summed E-state index contributed by atoms with van der Waals surface area (Å²) in [6.07, 6.45) is 0.720. The smallest absolute Gasteiger partial charge is 0.227 e. The summed E-state index contributed by atoms with van der Waals surface area (Å²) in [5.74, 6) is 1.63. The van der Waals surface area contributed by atoms with Gasteiger partial charge in [-0.25, -0.2) is 0 Å². The van der Waals surface area contributed by atoms with Crippen molar-refractivity contribution in [1.29, 1.82) is 0 Å². The number of aryl methyl sites for hydroxylation is 2. The second-order valence-corrected chi connectivity index (χ2v) is 5.77. The second-order valence-electron chi connectivity index (χ2n) is 4.98. The predicted octanol–water partition coefficient (Wildman–Crippen LogP) is 3.25. The molecule has 0 aliphatic heterocycles. The van der Waals surface area contributed by atoms with Gasteiger partial charge in [-0.05, 0) is 49.6 Å². The van der Waals surface area contributed by atoms with Crippen LogP contribution in [0.3, 0.4) is 0 Å². The topological polar surface area (TPSA) is 64.9 Å². The van der Waals surface area contributed by atoms with Gasteiger partial charge in [0.15, 0.2) is 0 Å². The third-order valence-electron chi connectivity index (χ3n) is 3.09. The van der Waals surface area contributed by atoms with E-state index in [1.165, 1.54) is 0 Å². The molecular formula is C14H18BrN3O. The lowest BCUT2D eigenvalue weighted by Crippen LogP contribution is -2.13. The van der Waals surface area contributed by atoms with Crippen LogP contribution in [0.15, 0.2) is 21.1 Å². The molecule has 5 heteroatoms. The van der Waals surface area contributed by atoms with Crippen LogP contribution in [0.2, 0.25) is 0 Å². The van der Waals surface area contributed by atoms with E-state index in [-0.39, 0.29) is 0 Å². The minimum atomic E-state index is 0.349. The lowest BCUT2D eigenvalue weighted by atomic mass is 10.1. The first-order valence-electron chi connectivity index (χ1n) is 6.31. The first kappa shape index (κ1) is 14.2. The predicted molar refractivity (Wildman–Crippen MR) is 78.8 cm³/mol. The largest absolute Gasteiger partial charge is 0.339 e. The average Bonchev–Trinajstić information content (AvgIpc) is 2.83. The van der Waals surface area contributed by atoms with Gasteiger partial charge >= 0.3 is 0 Å². The zero-order chi connectivity index (χ0) is 14.0. The van der Waals surface area contributed by atoms with Crippen molar-refractivity contribution in [3.63, 3.8) is 0 Å². The van der Waals surface area contributed by atoms with Gasteiger partial charge in [-0.2, -0.15) is 4.98 Å². The van der Waals surface area contributed by atoms with Gasteiger partial charge in [0.2, 0.25) is 11.7 Å². The molecular weight excluding hydrogens is 306 g/mol. The molecule has 0 aliphatic carbocycles. The number of nitrogens with zero attached hydrogens (tertiary/aromatic N) is 2. The third kappa shape index (κ3) is 3.22. The molecule has 1 aromatic heterocycles. The SMILES string of the molecule is Cc1cc(-c2noc(CC(C)CN)n2)cc(C)c1Br. The quantitative estimate of drug-likeness (QED) is 0.937. The second kappa shape index (κ2) is 5.84. The molecule has 0 spiro atoms. The van der Waals surface area contributed by atoms with Gasteiger partial charge in [-0.3, -0.25) is 0 Å². The van der Waals surface area contributed by atoms with E-state index in [2.05, 4.69) is 59.0 Å². The van der Waals surface area contributed by atoms with Gasteiger partial charge in [0.1, 0.15) is 0 Å². The molecule has 0 saturated heterocycles. The van der Waals surface area contributed by atoms with E-state index < -0.39 is 0 Å². The van der Waals surface area contributed by atoms with Crippen LogP contribution in [-0.4, -0.2) is 16.7 Å². The lowest BCUT2D eigenvalue weighted by Gasteiger charge is -2.04. The van der Waals surface area contributed by atoms with Gasteiger partial charge in [0.05, 0.1) is 0 Å². The summed E-state index contributed by atoms with van der Waals surface area (Å²) in [4.78, 5) is 4.43. The molecule has 0 saturated carbocycles. The summed E-state index contributed by atoms with van der Waals surface area (Å²) in [5.41, 5.74) is 8.91. The van der Waals surface area contributed by atoms with E-state index in [0.717, 1.165) is 27.6 Å². The van der Waals surface area contributed by atoms with Crippen LogP contribution in [-0.2, 0) is 6.42 Å². The van der Waals surface area contributed by atoms with Crippen molar-refractivity contribution in [3.05, 3.63) is 33.6 Å². The van der Waals surface area contributed by atoms with E-state index in [9.17, 15) is 0 Å². The monoisotopic (exact) mass is 323 g/mol. The van der Waals surface area contributed by atoms with Gasteiger partial charge in [-0.1, -0.05) is 28.0 Å². The fourth-order valence-electron chi connectivity index (χ4n) is 1.91.